The highest BCUT2D eigenvalue weighted by Crippen LogP contribution is 2.15. The first kappa shape index (κ1) is 22.8. The Morgan fingerprint density at radius 2 is 1.72 bits per heavy atom. The van der Waals surface area contributed by atoms with E-state index in [4.69, 9.17) is 16.3 Å². The van der Waals surface area contributed by atoms with Gasteiger partial charge in [-0.1, -0.05) is 11.6 Å². The lowest BCUT2D eigenvalue weighted by atomic mass is 10.1. The molecule has 0 fully saturated rings. The van der Waals surface area contributed by atoms with E-state index in [1.807, 2.05) is 0 Å². The molecule has 2 rings (SSSR count). The van der Waals surface area contributed by atoms with Crippen LogP contribution in [0.2, 0.25) is 5.02 Å². The topological polar surface area (TPSA) is 122 Å². The maximum absolute atomic E-state index is 12.3. The van der Waals surface area contributed by atoms with Gasteiger partial charge in [-0.3, -0.25) is 4.79 Å². The number of sulfonamides is 1. The van der Waals surface area contributed by atoms with Crippen molar-refractivity contribution < 1.29 is 27.9 Å². The zero-order chi connectivity index (χ0) is 21.4. The molecular weight excluding hydrogens is 420 g/mol. The van der Waals surface area contributed by atoms with Crippen molar-refractivity contribution >= 4 is 39.2 Å². The van der Waals surface area contributed by atoms with Gasteiger partial charge in [0.25, 0.3) is 0 Å². The SMILES string of the molecule is CCOC(=O)c1ccc(NC(=O)C(CO)CNS(=O)(=O)c2ccc(Cl)cc2)cc1. The number of carbonyl (C=O) groups is 2. The molecular formula is C19H21ClN2O6S. The summed E-state index contributed by atoms with van der Waals surface area (Å²) in [5, 5.41) is 12.4. The Morgan fingerprint density at radius 1 is 1.10 bits per heavy atom. The minimum atomic E-state index is -3.86. The van der Waals surface area contributed by atoms with Gasteiger partial charge in [0.1, 0.15) is 0 Å². The summed E-state index contributed by atoms with van der Waals surface area (Å²) >= 11 is 5.75. The van der Waals surface area contributed by atoms with E-state index in [9.17, 15) is 23.1 Å². The van der Waals surface area contributed by atoms with E-state index in [1.165, 1.54) is 48.5 Å². The molecule has 0 bridgehead atoms. The summed E-state index contributed by atoms with van der Waals surface area (Å²) in [6.07, 6.45) is 0. The number of hydrogen-bond donors (Lipinski definition) is 3. The summed E-state index contributed by atoms with van der Waals surface area (Å²) < 4.78 is 31.8. The lowest BCUT2D eigenvalue weighted by Gasteiger charge is -2.15. The summed E-state index contributed by atoms with van der Waals surface area (Å²) in [6.45, 7) is 1.09. The van der Waals surface area contributed by atoms with Gasteiger partial charge in [-0.2, -0.15) is 0 Å². The summed E-state index contributed by atoms with van der Waals surface area (Å²) in [4.78, 5) is 24.0. The predicted octanol–water partition coefficient (Wildman–Crippen LogP) is 2.04. The first-order valence-corrected chi connectivity index (χ1v) is 10.6. The summed E-state index contributed by atoms with van der Waals surface area (Å²) in [5.41, 5.74) is 0.723. The fraction of sp³-hybridized carbons (Fsp3) is 0.263. The predicted molar refractivity (Wildman–Crippen MR) is 108 cm³/mol. The van der Waals surface area contributed by atoms with Crippen molar-refractivity contribution in [1.82, 2.24) is 4.72 Å². The first-order valence-electron chi connectivity index (χ1n) is 8.71. The Hall–Kier alpha value is -2.46. The molecule has 0 spiro atoms. The van der Waals surface area contributed by atoms with Crippen molar-refractivity contribution in [2.45, 2.75) is 11.8 Å². The Labute approximate surface area is 173 Å². The molecule has 2 aromatic rings. The van der Waals surface area contributed by atoms with Gasteiger partial charge < -0.3 is 15.2 Å². The number of benzene rings is 2. The number of aliphatic hydroxyl groups is 1. The zero-order valence-electron chi connectivity index (χ0n) is 15.6. The zero-order valence-corrected chi connectivity index (χ0v) is 17.2. The molecule has 0 aliphatic carbocycles. The largest absolute Gasteiger partial charge is 0.462 e. The summed E-state index contributed by atoms with van der Waals surface area (Å²) in [6, 6.07) is 11.6. The van der Waals surface area contributed by atoms with Crippen molar-refractivity contribution in [3.63, 3.8) is 0 Å². The fourth-order valence-electron chi connectivity index (χ4n) is 2.30. The second-order valence-corrected chi connectivity index (χ2v) is 8.18. The molecule has 2 aromatic carbocycles. The molecule has 29 heavy (non-hydrogen) atoms. The molecule has 156 valence electrons. The Kier molecular flexibility index (Phi) is 8.15. The van der Waals surface area contributed by atoms with Crippen LogP contribution in [0.15, 0.2) is 53.4 Å². The third-order valence-corrected chi connectivity index (χ3v) is 5.59. The van der Waals surface area contributed by atoms with Crippen LogP contribution in [0.5, 0.6) is 0 Å². The van der Waals surface area contributed by atoms with Crippen molar-refractivity contribution in [3.05, 3.63) is 59.1 Å². The highest BCUT2D eigenvalue weighted by Gasteiger charge is 2.22. The Balaban J connectivity index is 1.98. The fourth-order valence-corrected chi connectivity index (χ4v) is 3.50. The van der Waals surface area contributed by atoms with Crippen LogP contribution in [0.3, 0.4) is 0 Å². The van der Waals surface area contributed by atoms with Gasteiger partial charge in [0.15, 0.2) is 0 Å². The Morgan fingerprint density at radius 3 is 2.28 bits per heavy atom. The molecule has 1 amide bonds. The molecule has 0 aromatic heterocycles. The smallest absolute Gasteiger partial charge is 0.338 e. The van der Waals surface area contributed by atoms with E-state index in [1.54, 1.807) is 6.92 Å². The number of halogens is 1. The monoisotopic (exact) mass is 440 g/mol. The van der Waals surface area contributed by atoms with Gasteiger partial charge in [-0.25, -0.2) is 17.9 Å². The van der Waals surface area contributed by atoms with Crippen molar-refractivity contribution in [3.8, 4) is 0 Å². The number of aliphatic hydroxyl groups excluding tert-OH is 1. The van der Waals surface area contributed by atoms with Crippen LogP contribution in [-0.4, -0.2) is 45.2 Å². The number of carbonyl (C=O) groups excluding carboxylic acids is 2. The quantitative estimate of drug-likeness (QED) is 0.513. The second kappa shape index (κ2) is 10.4. The third kappa shape index (κ3) is 6.53. The first-order chi connectivity index (χ1) is 13.8. The minimum absolute atomic E-state index is 0.00597. The molecule has 1 atom stereocenters. The molecule has 3 N–H and O–H groups in total. The van der Waals surface area contributed by atoms with Crippen molar-refractivity contribution in [2.75, 3.05) is 25.1 Å². The average molecular weight is 441 g/mol. The normalized spacial score (nSPS) is 12.2. The van der Waals surface area contributed by atoms with Gasteiger partial charge in [0.05, 0.1) is 29.6 Å². The van der Waals surface area contributed by atoms with Crippen LogP contribution >= 0.6 is 11.6 Å². The van der Waals surface area contributed by atoms with Gasteiger partial charge in [-0.15, -0.1) is 0 Å². The number of esters is 1. The highest BCUT2D eigenvalue weighted by molar-refractivity contribution is 7.89. The number of rotatable bonds is 9. The van der Waals surface area contributed by atoms with Crippen LogP contribution in [0.25, 0.3) is 0 Å². The second-order valence-electron chi connectivity index (χ2n) is 5.97. The maximum atomic E-state index is 12.3. The molecule has 1 unspecified atom stereocenters. The van der Waals surface area contributed by atoms with E-state index in [2.05, 4.69) is 10.0 Å². The molecule has 0 saturated heterocycles. The van der Waals surface area contributed by atoms with E-state index >= 15 is 0 Å². The molecule has 0 saturated carbocycles. The van der Waals surface area contributed by atoms with Crippen LogP contribution in [-0.2, 0) is 19.6 Å². The third-order valence-electron chi connectivity index (χ3n) is 3.90. The summed E-state index contributed by atoms with van der Waals surface area (Å²) in [7, 11) is -3.86. The Bertz CT molecular complexity index is 946. The minimum Gasteiger partial charge on any atom is -0.462 e. The van der Waals surface area contributed by atoms with Crippen LogP contribution in [0.4, 0.5) is 5.69 Å². The molecule has 0 aliphatic heterocycles. The highest BCUT2D eigenvalue weighted by atomic mass is 35.5. The van der Waals surface area contributed by atoms with Crippen molar-refractivity contribution in [1.29, 1.82) is 0 Å². The molecule has 8 nitrogen and oxygen atoms in total. The standard InChI is InChI=1S/C19H21ClN2O6S/c1-2-28-19(25)13-3-7-16(8-4-13)22-18(24)14(12-23)11-21-29(26,27)17-9-5-15(20)6-10-17/h3-10,14,21,23H,2,11-12H2,1H3,(H,22,24). The number of anilines is 1. The number of ether oxygens (including phenoxy) is 1. The number of amides is 1. The van der Waals surface area contributed by atoms with Crippen molar-refractivity contribution in [2.24, 2.45) is 5.92 Å². The van der Waals surface area contributed by atoms with Gasteiger partial charge in [0.2, 0.25) is 15.9 Å². The van der Waals surface area contributed by atoms with Gasteiger partial charge >= 0.3 is 5.97 Å². The van der Waals surface area contributed by atoms with E-state index in [0.29, 0.717) is 16.3 Å². The van der Waals surface area contributed by atoms with Crippen LogP contribution in [0, 0.1) is 5.92 Å². The lowest BCUT2D eigenvalue weighted by Crippen LogP contribution is -2.37. The average Bonchev–Trinajstić information content (AvgIpc) is 2.69. The van der Waals surface area contributed by atoms with E-state index in [-0.39, 0.29) is 18.0 Å². The van der Waals surface area contributed by atoms with Crippen LogP contribution < -0.4 is 10.0 Å². The van der Waals surface area contributed by atoms with E-state index in [0.717, 1.165) is 0 Å². The molecule has 0 aliphatic rings. The number of hydrogen-bond acceptors (Lipinski definition) is 6. The molecule has 0 heterocycles. The van der Waals surface area contributed by atoms with E-state index < -0.39 is 34.4 Å². The molecule has 0 radical (unpaired) electrons. The molecule has 10 heteroatoms. The lowest BCUT2D eigenvalue weighted by molar-refractivity contribution is -0.120. The van der Waals surface area contributed by atoms with Gasteiger partial charge in [0, 0.05) is 17.3 Å². The maximum Gasteiger partial charge on any atom is 0.338 e. The van der Waals surface area contributed by atoms with Crippen LogP contribution in [0.1, 0.15) is 17.3 Å². The van der Waals surface area contributed by atoms with Gasteiger partial charge in [-0.05, 0) is 55.5 Å². The number of nitrogens with one attached hydrogen (secondary N) is 2. The summed E-state index contributed by atoms with van der Waals surface area (Å²) in [5.74, 6) is -2.06.